The van der Waals surface area contributed by atoms with E-state index < -0.39 is 0 Å². The summed E-state index contributed by atoms with van der Waals surface area (Å²) in [6, 6.07) is 22.6. The zero-order valence-electron chi connectivity index (χ0n) is 31.6. The highest BCUT2D eigenvalue weighted by Crippen LogP contribution is 2.44. The Morgan fingerprint density at radius 3 is 1.89 bits per heavy atom. The number of hydrogen-bond donors (Lipinski definition) is 3. The quantitative estimate of drug-likeness (QED) is 0.0967. The average Bonchev–Trinajstić information content (AvgIpc) is 3.68. The van der Waals surface area contributed by atoms with Gasteiger partial charge in [0.2, 0.25) is 0 Å². The van der Waals surface area contributed by atoms with Gasteiger partial charge in [-0.25, -0.2) is 0 Å². The number of nitrogens with zero attached hydrogens (tertiary/aromatic N) is 2. The van der Waals surface area contributed by atoms with Gasteiger partial charge in [0, 0.05) is 45.4 Å². The molecule has 0 radical (unpaired) electrons. The van der Waals surface area contributed by atoms with E-state index in [4.69, 9.17) is 16.6 Å². The first-order valence-electron chi connectivity index (χ1n) is 18.5. The van der Waals surface area contributed by atoms with Gasteiger partial charge in [0.1, 0.15) is 0 Å². The molecule has 4 aromatic carbocycles. The number of aryl methyl sites for hydroxylation is 2. The number of rotatable bonds is 10. The lowest BCUT2D eigenvalue weighted by Gasteiger charge is -2.21. The molecule has 6 aromatic rings. The highest BCUT2D eigenvalue weighted by Gasteiger charge is 2.24. The Bertz CT molecular complexity index is 2610. The Kier molecular flexibility index (Phi) is 10.8. The predicted molar refractivity (Wildman–Crippen MR) is 234 cm³/mol. The number of fused-ring (bicyclic) bond motifs is 9. The Hall–Kier alpha value is -6.20. The van der Waals surface area contributed by atoms with Crippen LogP contribution < -0.4 is 5.73 Å². The molecule has 0 spiro atoms. The molecule has 53 heavy (non-hydrogen) atoms. The minimum atomic E-state index is 0.869. The maximum atomic E-state index is 8.07. The zero-order valence-corrected chi connectivity index (χ0v) is 31.6. The van der Waals surface area contributed by atoms with Crippen LogP contribution in [0.15, 0.2) is 123 Å². The van der Waals surface area contributed by atoms with Gasteiger partial charge in [-0.15, -0.1) is 0 Å². The lowest BCUT2D eigenvalue weighted by Crippen LogP contribution is -2.05. The predicted octanol–water partition coefficient (Wildman–Crippen LogP) is 12.7. The third kappa shape index (κ3) is 6.44. The van der Waals surface area contributed by atoms with E-state index in [9.17, 15) is 0 Å². The zero-order chi connectivity index (χ0) is 37.8. The number of benzene rings is 4. The molecule has 5 nitrogen and oxygen atoms in total. The number of allylic oxidation sites excluding steroid dienone is 11. The molecule has 4 N–H and O–H groups in total. The molecular weight excluding hydrogens is 647 g/mol. The number of nitrogens with two attached hydrogens (primary N) is 1. The van der Waals surface area contributed by atoms with Gasteiger partial charge in [-0.1, -0.05) is 64.3 Å². The van der Waals surface area contributed by atoms with Crippen molar-refractivity contribution < 1.29 is 0 Å². The standard InChI is InChI=1S/C46H43N5.C2H6/c1-6-10-30(4)50-43-18-16-32(29(3)12-8-20-47)22-39(43)41-24-34-14-15-35-25-42-40-23-33(36(28-49)11-7-2)17-19-44(40)51(31(5)13-9-21-48)46(42)27-38(35)37(34)26-45(41)50;1-2/h6,8-13,16-28,47,49H,3-4,7,14-15,48H2,1-2,5H3;1-2H3/b10-6-,12-8-,21-9-,31-13+,36-11+,47-20?,49-28?;. The summed E-state index contributed by atoms with van der Waals surface area (Å²) in [5, 5.41) is 20.2. The van der Waals surface area contributed by atoms with Gasteiger partial charge in [0.05, 0.1) is 22.1 Å². The maximum absolute atomic E-state index is 8.07. The van der Waals surface area contributed by atoms with Crippen LogP contribution in [-0.4, -0.2) is 21.6 Å². The average molecular weight is 696 g/mol. The van der Waals surface area contributed by atoms with E-state index in [0.29, 0.717) is 0 Å². The Morgan fingerprint density at radius 2 is 1.32 bits per heavy atom. The first-order chi connectivity index (χ1) is 25.8. The minimum Gasteiger partial charge on any atom is -0.405 e. The lowest BCUT2D eigenvalue weighted by molar-refractivity contribution is 0.946. The second-order valence-electron chi connectivity index (χ2n) is 13.1. The smallest absolute Gasteiger partial charge is 0.0547 e. The van der Waals surface area contributed by atoms with E-state index in [1.165, 1.54) is 50.8 Å². The molecule has 0 atom stereocenters. The van der Waals surface area contributed by atoms with Crippen molar-refractivity contribution in [2.24, 2.45) is 5.73 Å². The minimum absolute atomic E-state index is 0.869. The lowest BCUT2D eigenvalue weighted by atomic mass is 9.84. The van der Waals surface area contributed by atoms with Crippen molar-refractivity contribution in [3.63, 3.8) is 0 Å². The summed E-state index contributed by atoms with van der Waals surface area (Å²) in [5.41, 5.74) is 21.3. The van der Waals surface area contributed by atoms with Gasteiger partial charge in [-0.05, 0) is 157 Å². The molecule has 1 aliphatic rings. The summed E-state index contributed by atoms with van der Waals surface area (Å²) in [5.74, 6) is 0. The van der Waals surface area contributed by atoms with Crippen molar-refractivity contribution in [1.82, 2.24) is 9.13 Å². The molecular formula is C48H49N5. The van der Waals surface area contributed by atoms with Crippen molar-refractivity contribution in [2.45, 2.75) is 53.9 Å². The second kappa shape index (κ2) is 15.6. The molecule has 0 amide bonds. The third-order valence-corrected chi connectivity index (χ3v) is 10.1. The van der Waals surface area contributed by atoms with Crippen LogP contribution in [0.4, 0.5) is 0 Å². The van der Waals surface area contributed by atoms with E-state index in [-0.39, 0.29) is 0 Å². The van der Waals surface area contributed by atoms with Crippen molar-refractivity contribution >= 4 is 78.6 Å². The first kappa shape index (κ1) is 36.6. The van der Waals surface area contributed by atoms with Crippen LogP contribution in [0.1, 0.15) is 63.3 Å². The third-order valence-electron chi connectivity index (χ3n) is 10.1. The monoisotopic (exact) mass is 695 g/mol. The van der Waals surface area contributed by atoms with Gasteiger partial charge >= 0.3 is 0 Å². The molecule has 2 aromatic heterocycles. The summed E-state index contributed by atoms with van der Waals surface area (Å²) >= 11 is 0. The summed E-state index contributed by atoms with van der Waals surface area (Å²) in [7, 11) is 0. The van der Waals surface area contributed by atoms with Gasteiger partial charge in [0.15, 0.2) is 0 Å². The van der Waals surface area contributed by atoms with E-state index in [0.717, 1.165) is 80.4 Å². The van der Waals surface area contributed by atoms with Crippen molar-refractivity contribution in [3.8, 4) is 11.1 Å². The van der Waals surface area contributed by atoms with Gasteiger partial charge in [-0.3, -0.25) is 0 Å². The van der Waals surface area contributed by atoms with Crippen LogP contribution in [0.5, 0.6) is 0 Å². The molecule has 0 saturated heterocycles. The summed E-state index contributed by atoms with van der Waals surface area (Å²) in [6.45, 7) is 19.0. The van der Waals surface area contributed by atoms with Crippen molar-refractivity contribution in [2.75, 3.05) is 0 Å². The van der Waals surface area contributed by atoms with Gasteiger partial charge in [0.25, 0.3) is 0 Å². The van der Waals surface area contributed by atoms with Crippen LogP contribution in [0.3, 0.4) is 0 Å². The van der Waals surface area contributed by atoms with E-state index >= 15 is 0 Å². The normalized spacial score (nSPS) is 13.3. The molecule has 5 heteroatoms. The highest BCUT2D eigenvalue weighted by atomic mass is 15.0. The molecule has 2 heterocycles. The molecule has 1 aliphatic carbocycles. The summed E-state index contributed by atoms with van der Waals surface area (Å²) in [4.78, 5) is 0. The van der Waals surface area contributed by atoms with Crippen LogP contribution in [-0.2, 0) is 12.8 Å². The van der Waals surface area contributed by atoms with Gasteiger partial charge in [-0.2, -0.15) is 0 Å². The number of hydrogen-bond acceptors (Lipinski definition) is 3. The topological polar surface area (TPSA) is 83.6 Å². The fourth-order valence-electron chi connectivity index (χ4n) is 7.75. The molecule has 266 valence electrons. The molecule has 7 rings (SSSR count). The Labute approximate surface area is 313 Å². The first-order valence-corrected chi connectivity index (χ1v) is 18.5. The SMILES string of the molecule is C=C(/C=C\C=N)c1ccc2c(c1)c1cc3c(cc1n2C(=C)/C=C\C)-c1cc2c(cc1CC3)c1cc(/C(C=N)=C/CC)ccc1n2/C(C)=C/C=C\N.CC. The maximum Gasteiger partial charge on any atom is 0.0547 e. The van der Waals surface area contributed by atoms with Crippen molar-refractivity contribution in [1.29, 1.82) is 10.8 Å². The fraction of sp³-hybridized carbons (Fsp3) is 0.167. The summed E-state index contributed by atoms with van der Waals surface area (Å²) < 4.78 is 4.61. The van der Waals surface area contributed by atoms with Crippen LogP contribution in [0, 0.1) is 10.8 Å². The number of aromatic nitrogens is 2. The van der Waals surface area contributed by atoms with Crippen LogP contribution in [0.2, 0.25) is 0 Å². The van der Waals surface area contributed by atoms with Crippen molar-refractivity contribution in [3.05, 3.63) is 145 Å². The van der Waals surface area contributed by atoms with E-state index in [1.54, 1.807) is 12.3 Å². The second-order valence-corrected chi connectivity index (χ2v) is 13.1. The molecule has 0 unspecified atom stereocenters. The van der Waals surface area contributed by atoms with Gasteiger partial charge < -0.3 is 25.7 Å². The molecule has 0 saturated carbocycles. The molecule has 0 bridgehead atoms. The number of nitrogens with one attached hydrogen (secondary N) is 2. The molecule has 0 fully saturated rings. The Morgan fingerprint density at radius 1 is 0.755 bits per heavy atom. The van der Waals surface area contributed by atoms with E-state index in [1.807, 2.05) is 39.0 Å². The molecule has 0 aliphatic heterocycles. The van der Waals surface area contributed by atoms with Crippen LogP contribution >= 0.6 is 0 Å². The summed E-state index contributed by atoms with van der Waals surface area (Å²) in [6.07, 6.45) is 20.8. The Balaban J connectivity index is 0.00000236. The highest BCUT2D eigenvalue weighted by molar-refractivity contribution is 6.16. The van der Waals surface area contributed by atoms with Crippen LogP contribution in [0.25, 0.3) is 77.3 Å². The largest absolute Gasteiger partial charge is 0.405 e. The van der Waals surface area contributed by atoms with E-state index in [2.05, 4.69) is 115 Å². The fourth-order valence-corrected chi connectivity index (χ4v) is 7.75.